The van der Waals surface area contributed by atoms with Gasteiger partial charge in [-0.15, -0.1) is 0 Å². The minimum Gasteiger partial charge on any atom is -0.320 e. The topological polar surface area (TPSA) is 59.8 Å². The van der Waals surface area contributed by atoms with E-state index in [0.29, 0.717) is 11.3 Å². The molecule has 0 saturated carbocycles. The van der Waals surface area contributed by atoms with E-state index in [9.17, 15) is 4.79 Å². The molecule has 0 aliphatic rings. The number of hydrogen-bond donors (Lipinski definition) is 1. The second kappa shape index (κ2) is 5.88. The summed E-state index contributed by atoms with van der Waals surface area (Å²) in [5.41, 5.74) is 2.03. The van der Waals surface area contributed by atoms with Crippen LogP contribution in [0, 0.1) is 0 Å². The Bertz CT molecular complexity index is 753. The fourth-order valence-corrected chi connectivity index (χ4v) is 2.05. The van der Waals surface area contributed by atoms with Crippen molar-refractivity contribution >= 4 is 27.5 Å². The quantitative estimate of drug-likeness (QED) is 0.743. The second-order valence-corrected chi connectivity index (χ2v) is 5.15. The highest BCUT2D eigenvalue weighted by Crippen LogP contribution is 2.13. The molecular formula is C15H11BrN4O. The third-order valence-electron chi connectivity index (χ3n) is 2.85. The second-order valence-electron chi connectivity index (χ2n) is 4.33. The molecule has 0 fully saturated rings. The fraction of sp³-hybridized carbons (Fsp3) is 0. The Morgan fingerprint density at radius 2 is 1.90 bits per heavy atom. The van der Waals surface area contributed by atoms with E-state index in [-0.39, 0.29) is 5.91 Å². The summed E-state index contributed by atoms with van der Waals surface area (Å²) in [5.74, 6) is -0.221. The molecule has 0 spiro atoms. The molecule has 21 heavy (non-hydrogen) atoms. The lowest BCUT2D eigenvalue weighted by atomic mass is 10.3. The van der Waals surface area contributed by atoms with Gasteiger partial charge in [-0.1, -0.05) is 18.2 Å². The van der Waals surface area contributed by atoms with Gasteiger partial charge in [0.1, 0.15) is 4.60 Å². The third kappa shape index (κ3) is 3.17. The molecule has 1 amide bonds. The van der Waals surface area contributed by atoms with Crippen molar-refractivity contribution in [3.63, 3.8) is 0 Å². The maximum absolute atomic E-state index is 12.1. The van der Waals surface area contributed by atoms with Crippen molar-refractivity contribution in [2.45, 2.75) is 0 Å². The van der Waals surface area contributed by atoms with Crippen LogP contribution in [0.4, 0.5) is 5.69 Å². The Morgan fingerprint density at radius 3 is 2.62 bits per heavy atom. The van der Waals surface area contributed by atoms with Gasteiger partial charge >= 0.3 is 0 Å². The summed E-state index contributed by atoms with van der Waals surface area (Å²) in [4.78, 5) is 16.2. The SMILES string of the molecule is O=C(Nc1ccc(Br)nc1)c1cnn(-c2ccccc2)c1. The van der Waals surface area contributed by atoms with Gasteiger partial charge in [0, 0.05) is 6.20 Å². The molecule has 0 atom stereocenters. The number of rotatable bonds is 3. The summed E-state index contributed by atoms with van der Waals surface area (Å²) in [6.07, 6.45) is 4.81. The van der Waals surface area contributed by atoms with Crippen LogP contribution in [0.1, 0.15) is 10.4 Å². The predicted octanol–water partition coefficient (Wildman–Crippen LogP) is 3.28. The number of nitrogens with zero attached hydrogens (tertiary/aromatic N) is 3. The highest BCUT2D eigenvalue weighted by molar-refractivity contribution is 9.10. The first-order valence-electron chi connectivity index (χ1n) is 6.25. The number of hydrogen-bond acceptors (Lipinski definition) is 3. The molecule has 1 N–H and O–H groups in total. The molecule has 0 radical (unpaired) electrons. The van der Waals surface area contributed by atoms with Crippen LogP contribution in [0.3, 0.4) is 0 Å². The Balaban J connectivity index is 1.77. The summed E-state index contributed by atoms with van der Waals surface area (Å²) in [6.45, 7) is 0. The lowest BCUT2D eigenvalue weighted by Gasteiger charge is -2.02. The number of aromatic nitrogens is 3. The molecule has 0 aliphatic heterocycles. The van der Waals surface area contributed by atoms with E-state index in [1.165, 1.54) is 6.20 Å². The van der Waals surface area contributed by atoms with E-state index < -0.39 is 0 Å². The van der Waals surface area contributed by atoms with Gasteiger partial charge in [0.2, 0.25) is 0 Å². The van der Waals surface area contributed by atoms with E-state index in [1.807, 2.05) is 30.3 Å². The zero-order chi connectivity index (χ0) is 14.7. The Morgan fingerprint density at radius 1 is 1.10 bits per heavy atom. The average Bonchev–Trinajstić information content (AvgIpc) is 3.00. The Kier molecular flexibility index (Phi) is 3.79. The lowest BCUT2D eigenvalue weighted by Crippen LogP contribution is -2.11. The highest BCUT2D eigenvalue weighted by Gasteiger charge is 2.09. The number of amides is 1. The summed E-state index contributed by atoms with van der Waals surface area (Å²) in [6, 6.07) is 13.2. The van der Waals surface area contributed by atoms with Gasteiger partial charge in [-0.2, -0.15) is 5.10 Å². The lowest BCUT2D eigenvalue weighted by molar-refractivity contribution is 0.102. The zero-order valence-electron chi connectivity index (χ0n) is 10.9. The van der Waals surface area contributed by atoms with Gasteiger partial charge in [0.25, 0.3) is 5.91 Å². The molecule has 104 valence electrons. The Hall–Kier alpha value is -2.47. The molecule has 0 bridgehead atoms. The van der Waals surface area contributed by atoms with E-state index in [0.717, 1.165) is 10.3 Å². The van der Waals surface area contributed by atoms with E-state index in [2.05, 4.69) is 31.3 Å². The zero-order valence-corrected chi connectivity index (χ0v) is 12.5. The largest absolute Gasteiger partial charge is 0.320 e. The van der Waals surface area contributed by atoms with Crippen LogP contribution in [-0.2, 0) is 0 Å². The van der Waals surface area contributed by atoms with Crippen LogP contribution >= 0.6 is 15.9 Å². The maximum Gasteiger partial charge on any atom is 0.258 e. The predicted molar refractivity (Wildman–Crippen MR) is 83.5 cm³/mol. The summed E-state index contributed by atoms with van der Waals surface area (Å²) < 4.78 is 2.38. The van der Waals surface area contributed by atoms with Crippen LogP contribution in [0.25, 0.3) is 5.69 Å². The van der Waals surface area contributed by atoms with Crippen LogP contribution in [-0.4, -0.2) is 20.7 Å². The van der Waals surface area contributed by atoms with Crippen molar-refractivity contribution < 1.29 is 4.79 Å². The van der Waals surface area contributed by atoms with Crippen molar-refractivity contribution in [1.82, 2.24) is 14.8 Å². The number of benzene rings is 1. The molecule has 2 heterocycles. The van der Waals surface area contributed by atoms with E-state index in [1.54, 1.807) is 29.2 Å². The first-order valence-corrected chi connectivity index (χ1v) is 7.05. The van der Waals surface area contributed by atoms with Crippen LogP contribution in [0.2, 0.25) is 0 Å². The number of para-hydroxylation sites is 1. The fourth-order valence-electron chi connectivity index (χ4n) is 1.82. The normalized spacial score (nSPS) is 10.3. The minimum atomic E-state index is -0.221. The van der Waals surface area contributed by atoms with Crippen molar-refractivity contribution in [2.24, 2.45) is 0 Å². The summed E-state index contributed by atoms with van der Waals surface area (Å²) >= 11 is 3.25. The first-order chi connectivity index (χ1) is 10.2. The number of halogens is 1. The van der Waals surface area contributed by atoms with Crippen molar-refractivity contribution in [1.29, 1.82) is 0 Å². The monoisotopic (exact) mass is 342 g/mol. The number of anilines is 1. The van der Waals surface area contributed by atoms with Gasteiger partial charge in [0.05, 0.1) is 29.3 Å². The minimum absolute atomic E-state index is 0.221. The van der Waals surface area contributed by atoms with Gasteiger partial charge < -0.3 is 5.32 Å². The van der Waals surface area contributed by atoms with Crippen molar-refractivity contribution in [3.05, 3.63) is 71.2 Å². The number of nitrogens with one attached hydrogen (secondary N) is 1. The van der Waals surface area contributed by atoms with Crippen molar-refractivity contribution in [2.75, 3.05) is 5.32 Å². The molecule has 6 heteroatoms. The number of carbonyl (C=O) groups excluding carboxylic acids is 1. The molecule has 3 rings (SSSR count). The highest BCUT2D eigenvalue weighted by atomic mass is 79.9. The van der Waals surface area contributed by atoms with Crippen LogP contribution < -0.4 is 5.32 Å². The standard InChI is InChI=1S/C15H11BrN4O/c16-14-7-6-12(9-17-14)19-15(21)11-8-18-20(10-11)13-4-2-1-3-5-13/h1-10H,(H,19,21). The number of pyridine rings is 1. The molecular weight excluding hydrogens is 332 g/mol. The molecule has 0 aliphatic carbocycles. The molecule has 2 aromatic heterocycles. The molecule has 1 aromatic carbocycles. The Labute approximate surface area is 129 Å². The number of carbonyl (C=O) groups is 1. The van der Waals surface area contributed by atoms with E-state index >= 15 is 0 Å². The van der Waals surface area contributed by atoms with E-state index in [4.69, 9.17) is 0 Å². The smallest absolute Gasteiger partial charge is 0.258 e. The third-order valence-corrected chi connectivity index (χ3v) is 3.32. The average molecular weight is 343 g/mol. The molecule has 5 nitrogen and oxygen atoms in total. The summed E-state index contributed by atoms with van der Waals surface area (Å²) in [7, 11) is 0. The van der Waals surface area contributed by atoms with Gasteiger partial charge in [-0.3, -0.25) is 4.79 Å². The van der Waals surface area contributed by atoms with Crippen LogP contribution in [0.15, 0.2) is 65.7 Å². The molecule has 0 unspecified atom stereocenters. The van der Waals surface area contributed by atoms with Crippen LogP contribution in [0.5, 0.6) is 0 Å². The first kappa shape index (κ1) is 13.5. The molecule has 3 aromatic rings. The molecule has 0 saturated heterocycles. The summed E-state index contributed by atoms with van der Waals surface area (Å²) in [5, 5.41) is 6.97. The maximum atomic E-state index is 12.1. The van der Waals surface area contributed by atoms with Gasteiger partial charge in [0.15, 0.2) is 0 Å². The van der Waals surface area contributed by atoms with Crippen molar-refractivity contribution in [3.8, 4) is 5.69 Å². The van der Waals surface area contributed by atoms with Gasteiger partial charge in [-0.05, 0) is 40.2 Å². The van der Waals surface area contributed by atoms with Gasteiger partial charge in [-0.25, -0.2) is 9.67 Å².